The number of nitrogens with zero attached hydrogens (tertiary/aromatic N) is 1. The number of nitrogens with two attached hydrogens (primary N) is 1. The third-order valence-electron chi connectivity index (χ3n) is 2.96. The molecule has 1 aliphatic heterocycles. The van der Waals surface area contributed by atoms with Gasteiger partial charge in [-0.2, -0.15) is 0 Å². The van der Waals surface area contributed by atoms with Crippen LogP contribution in [0.5, 0.6) is 0 Å². The highest BCUT2D eigenvalue weighted by molar-refractivity contribution is 7.80. The second-order valence-electron chi connectivity index (χ2n) is 4.53. The summed E-state index contributed by atoms with van der Waals surface area (Å²) in [6, 6.07) is 0. The van der Waals surface area contributed by atoms with E-state index in [1.807, 2.05) is 4.90 Å². The third-order valence-corrected chi connectivity index (χ3v) is 3.32. The van der Waals surface area contributed by atoms with Crippen LogP contribution in [0.3, 0.4) is 0 Å². The van der Waals surface area contributed by atoms with Crippen molar-refractivity contribution in [1.82, 2.24) is 4.90 Å². The van der Waals surface area contributed by atoms with Crippen LogP contribution in [0.2, 0.25) is 0 Å². The van der Waals surface area contributed by atoms with Gasteiger partial charge >= 0.3 is 0 Å². The Kier molecular flexibility index (Phi) is 3.14. The molecule has 0 aromatic carbocycles. The largest absolute Gasteiger partial charge is 0.393 e. The lowest BCUT2D eigenvalue weighted by atomic mass is 10.0. The summed E-state index contributed by atoms with van der Waals surface area (Å²) in [6.45, 7) is 6.78. The molecule has 2 N–H and O–H groups in total. The van der Waals surface area contributed by atoms with E-state index in [4.69, 9.17) is 18.0 Å². The van der Waals surface area contributed by atoms with Gasteiger partial charge in [0.25, 0.3) is 0 Å². The van der Waals surface area contributed by atoms with Gasteiger partial charge in [-0.3, -0.25) is 4.79 Å². The summed E-state index contributed by atoms with van der Waals surface area (Å²) in [5.41, 5.74) is 5.45. The standard InChI is InChI=1S/C10H18N2OS/c1-7(8(11)14)9(13)12-6-4-5-10(12,2)3/h7H,4-6H2,1-3H3,(H2,11,14). The molecule has 0 spiro atoms. The first-order valence-corrected chi connectivity index (χ1v) is 5.38. The van der Waals surface area contributed by atoms with Crippen LogP contribution in [0.4, 0.5) is 0 Å². The average Bonchev–Trinajstić information content (AvgIpc) is 2.42. The van der Waals surface area contributed by atoms with Gasteiger partial charge in [-0.25, -0.2) is 0 Å². The summed E-state index contributed by atoms with van der Waals surface area (Å²) in [5.74, 6) is -0.262. The number of carbonyl (C=O) groups is 1. The van der Waals surface area contributed by atoms with Crippen LogP contribution >= 0.6 is 12.2 Å². The molecule has 1 atom stereocenters. The molecule has 14 heavy (non-hydrogen) atoms. The number of hydrogen-bond acceptors (Lipinski definition) is 2. The second kappa shape index (κ2) is 3.85. The zero-order valence-electron chi connectivity index (χ0n) is 9.04. The molecule has 0 saturated carbocycles. The van der Waals surface area contributed by atoms with Crippen LogP contribution in [0.25, 0.3) is 0 Å². The van der Waals surface area contributed by atoms with E-state index in [-0.39, 0.29) is 22.4 Å². The first-order chi connectivity index (χ1) is 6.36. The van der Waals surface area contributed by atoms with Gasteiger partial charge in [0.1, 0.15) is 0 Å². The van der Waals surface area contributed by atoms with E-state index in [1.165, 1.54) is 0 Å². The maximum Gasteiger partial charge on any atom is 0.232 e. The molecule has 0 aliphatic carbocycles. The molecule has 0 aromatic heterocycles. The summed E-state index contributed by atoms with van der Waals surface area (Å²) >= 11 is 4.84. The fraction of sp³-hybridized carbons (Fsp3) is 0.800. The van der Waals surface area contributed by atoms with Gasteiger partial charge in [0.15, 0.2) is 0 Å². The fourth-order valence-electron chi connectivity index (χ4n) is 1.87. The lowest BCUT2D eigenvalue weighted by Gasteiger charge is -2.33. The van der Waals surface area contributed by atoms with Crippen molar-refractivity contribution in [3.8, 4) is 0 Å². The van der Waals surface area contributed by atoms with E-state index < -0.39 is 0 Å². The summed E-state index contributed by atoms with van der Waals surface area (Å²) in [7, 11) is 0. The molecule has 1 saturated heterocycles. The number of amides is 1. The van der Waals surface area contributed by atoms with Crippen molar-refractivity contribution >= 4 is 23.1 Å². The van der Waals surface area contributed by atoms with Crippen LogP contribution in [0, 0.1) is 5.92 Å². The van der Waals surface area contributed by atoms with Gasteiger partial charge in [-0.15, -0.1) is 0 Å². The Morgan fingerprint density at radius 2 is 2.14 bits per heavy atom. The Hall–Kier alpha value is -0.640. The van der Waals surface area contributed by atoms with Crippen molar-refractivity contribution in [1.29, 1.82) is 0 Å². The Morgan fingerprint density at radius 3 is 2.50 bits per heavy atom. The maximum absolute atomic E-state index is 12.0. The minimum atomic E-state index is -0.331. The molecule has 80 valence electrons. The summed E-state index contributed by atoms with van der Waals surface area (Å²) < 4.78 is 0. The Morgan fingerprint density at radius 1 is 1.57 bits per heavy atom. The molecule has 1 amide bonds. The maximum atomic E-state index is 12.0. The molecule has 1 unspecified atom stereocenters. The highest BCUT2D eigenvalue weighted by Crippen LogP contribution is 2.29. The number of thiocarbonyl (C=S) groups is 1. The van der Waals surface area contributed by atoms with E-state index >= 15 is 0 Å². The van der Waals surface area contributed by atoms with Crippen molar-refractivity contribution in [2.75, 3.05) is 6.54 Å². The molecule has 1 heterocycles. The van der Waals surface area contributed by atoms with Crippen LogP contribution in [-0.4, -0.2) is 27.9 Å². The monoisotopic (exact) mass is 214 g/mol. The molecule has 1 rings (SSSR count). The summed E-state index contributed by atoms with van der Waals surface area (Å²) in [6.07, 6.45) is 2.13. The molecule has 4 heteroatoms. The molecule has 1 aliphatic rings. The van der Waals surface area contributed by atoms with Gasteiger partial charge in [0.05, 0.1) is 10.9 Å². The van der Waals surface area contributed by atoms with Crippen LogP contribution < -0.4 is 5.73 Å². The molecule has 0 bridgehead atoms. The van der Waals surface area contributed by atoms with E-state index in [1.54, 1.807) is 6.92 Å². The minimum absolute atomic E-state index is 0.0316. The third kappa shape index (κ3) is 2.05. The molecule has 0 aromatic rings. The lowest BCUT2D eigenvalue weighted by molar-refractivity contribution is -0.136. The van der Waals surface area contributed by atoms with Crippen LogP contribution in [0.15, 0.2) is 0 Å². The Bertz CT molecular complexity index is 263. The minimum Gasteiger partial charge on any atom is -0.393 e. The topological polar surface area (TPSA) is 46.3 Å². The van der Waals surface area contributed by atoms with Crippen LogP contribution in [0.1, 0.15) is 33.6 Å². The van der Waals surface area contributed by atoms with Crippen molar-refractivity contribution in [2.24, 2.45) is 11.7 Å². The molecule has 3 nitrogen and oxygen atoms in total. The molecular formula is C10H18N2OS. The zero-order valence-corrected chi connectivity index (χ0v) is 9.86. The Labute approximate surface area is 90.6 Å². The molecular weight excluding hydrogens is 196 g/mol. The average molecular weight is 214 g/mol. The molecule has 1 fully saturated rings. The number of hydrogen-bond donors (Lipinski definition) is 1. The first kappa shape index (κ1) is 11.4. The fourth-order valence-corrected chi connectivity index (χ4v) is 1.97. The van der Waals surface area contributed by atoms with E-state index in [9.17, 15) is 4.79 Å². The number of likely N-dealkylation sites (tertiary alicyclic amines) is 1. The number of carbonyl (C=O) groups excluding carboxylic acids is 1. The van der Waals surface area contributed by atoms with E-state index in [2.05, 4.69) is 13.8 Å². The van der Waals surface area contributed by atoms with Gasteiger partial charge in [0, 0.05) is 12.1 Å². The smallest absolute Gasteiger partial charge is 0.232 e. The van der Waals surface area contributed by atoms with Crippen molar-refractivity contribution < 1.29 is 4.79 Å². The second-order valence-corrected chi connectivity index (χ2v) is 5.00. The van der Waals surface area contributed by atoms with Crippen molar-refractivity contribution in [3.63, 3.8) is 0 Å². The lowest BCUT2D eigenvalue weighted by Crippen LogP contribution is -2.47. The van der Waals surface area contributed by atoms with Gasteiger partial charge in [0.2, 0.25) is 5.91 Å². The summed E-state index contributed by atoms with van der Waals surface area (Å²) in [4.78, 5) is 14.1. The highest BCUT2D eigenvalue weighted by Gasteiger charge is 2.37. The number of rotatable bonds is 2. The predicted molar refractivity (Wildman–Crippen MR) is 61.0 cm³/mol. The van der Waals surface area contributed by atoms with Crippen molar-refractivity contribution in [3.05, 3.63) is 0 Å². The van der Waals surface area contributed by atoms with E-state index in [0.29, 0.717) is 0 Å². The quantitative estimate of drug-likeness (QED) is 0.705. The van der Waals surface area contributed by atoms with E-state index in [0.717, 1.165) is 19.4 Å². The highest BCUT2D eigenvalue weighted by atomic mass is 32.1. The van der Waals surface area contributed by atoms with Crippen LogP contribution in [-0.2, 0) is 4.79 Å². The van der Waals surface area contributed by atoms with Gasteiger partial charge in [-0.1, -0.05) is 12.2 Å². The SMILES string of the molecule is CC(C(=O)N1CCCC1(C)C)C(N)=S. The first-order valence-electron chi connectivity index (χ1n) is 4.97. The zero-order chi connectivity index (χ0) is 10.9. The van der Waals surface area contributed by atoms with Gasteiger partial charge in [-0.05, 0) is 33.6 Å². The normalized spacial score (nSPS) is 22.1. The Balaban J connectivity index is 2.75. The predicted octanol–water partition coefficient (Wildman–Crippen LogP) is 1.31. The molecule has 0 radical (unpaired) electrons. The van der Waals surface area contributed by atoms with Gasteiger partial charge < -0.3 is 10.6 Å². The van der Waals surface area contributed by atoms with Crippen molar-refractivity contribution in [2.45, 2.75) is 39.2 Å². The summed E-state index contributed by atoms with van der Waals surface area (Å²) in [5, 5.41) is 0.